The summed E-state index contributed by atoms with van der Waals surface area (Å²) in [7, 11) is 0. The third-order valence-electron chi connectivity index (χ3n) is 3.07. The largest absolute Gasteiger partial charge is 0.425 e. The summed E-state index contributed by atoms with van der Waals surface area (Å²) in [5, 5.41) is 6.99. The summed E-state index contributed by atoms with van der Waals surface area (Å²) in [6.45, 7) is 1.88. The highest BCUT2D eigenvalue weighted by molar-refractivity contribution is 5.96. The number of nitrogens with zero attached hydrogens (tertiary/aromatic N) is 2. The second-order valence-electron chi connectivity index (χ2n) is 4.76. The summed E-state index contributed by atoms with van der Waals surface area (Å²) < 4.78 is 5.43. The van der Waals surface area contributed by atoms with E-state index in [0.717, 1.165) is 5.69 Å². The Bertz CT molecular complexity index is 754. The van der Waals surface area contributed by atoms with Crippen LogP contribution in [0.4, 0.5) is 16.3 Å². The quantitative estimate of drug-likeness (QED) is 0.792. The minimum atomic E-state index is -0.510. The maximum atomic E-state index is 12.6. The van der Waals surface area contributed by atoms with Crippen molar-refractivity contribution in [1.29, 1.82) is 0 Å². The van der Waals surface area contributed by atoms with Gasteiger partial charge in [-0.1, -0.05) is 36.4 Å². The van der Waals surface area contributed by atoms with Gasteiger partial charge in [0.2, 0.25) is 0 Å². The smallest absolute Gasteiger partial charge is 0.410 e. The molecule has 0 fully saturated rings. The zero-order valence-corrected chi connectivity index (χ0v) is 12.1. The van der Waals surface area contributed by atoms with E-state index in [4.69, 9.17) is 4.74 Å². The van der Waals surface area contributed by atoms with Crippen molar-refractivity contribution in [3.05, 3.63) is 72.4 Å². The first kappa shape index (κ1) is 13.9. The molecule has 5 heteroatoms. The number of benzene rings is 2. The van der Waals surface area contributed by atoms with Crippen LogP contribution in [0.1, 0.15) is 5.69 Å². The van der Waals surface area contributed by atoms with Gasteiger partial charge in [0.05, 0.1) is 5.69 Å². The van der Waals surface area contributed by atoms with E-state index in [1.807, 2.05) is 55.5 Å². The number of aromatic nitrogens is 2. The maximum Gasteiger partial charge on any atom is 0.425 e. The van der Waals surface area contributed by atoms with Gasteiger partial charge in [0.25, 0.3) is 0 Å². The summed E-state index contributed by atoms with van der Waals surface area (Å²) in [6.07, 6.45) is -0.510. The van der Waals surface area contributed by atoms with Crippen molar-refractivity contribution in [1.82, 2.24) is 10.2 Å². The Hall–Kier alpha value is -3.08. The van der Waals surface area contributed by atoms with Gasteiger partial charge in [-0.15, -0.1) is 0 Å². The number of ether oxygens (including phenoxy) is 1. The van der Waals surface area contributed by atoms with E-state index in [1.165, 1.54) is 4.90 Å². The first-order valence-electron chi connectivity index (χ1n) is 6.88. The fraction of sp³-hybridized carbons (Fsp3) is 0.0588. The van der Waals surface area contributed by atoms with Crippen LogP contribution in [0.5, 0.6) is 5.75 Å². The van der Waals surface area contributed by atoms with Gasteiger partial charge < -0.3 is 4.74 Å². The average Bonchev–Trinajstić information content (AvgIpc) is 2.95. The van der Waals surface area contributed by atoms with E-state index in [0.29, 0.717) is 17.3 Å². The van der Waals surface area contributed by atoms with Gasteiger partial charge in [-0.2, -0.15) is 5.10 Å². The highest BCUT2D eigenvalue weighted by atomic mass is 16.6. The molecule has 0 aliphatic rings. The van der Waals surface area contributed by atoms with Crippen LogP contribution in [0.25, 0.3) is 0 Å². The monoisotopic (exact) mass is 293 g/mol. The number of amides is 1. The molecule has 1 N–H and O–H groups in total. The number of aromatic amines is 1. The second kappa shape index (κ2) is 6.13. The van der Waals surface area contributed by atoms with Crippen molar-refractivity contribution >= 4 is 17.6 Å². The maximum absolute atomic E-state index is 12.6. The summed E-state index contributed by atoms with van der Waals surface area (Å²) >= 11 is 0. The Labute approximate surface area is 128 Å². The molecular formula is C17H15N3O2. The fourth-order valence-corrected chi connectivity index (χ4v) is 2.06. The van der Waals surface area contributed by atoms with Crippen LogP contribution in [0.15, 0.2) is 66.7 Å². The molecule has 1 amide bonds. The van der Waals surface area contributed by atoms with Gasteiger partial charge in [0.1, 0.15) is 5.75 Å². The first-order valence-corrected chi connectivity index (χ1v) is 6.88. The van der Waals surface area contributed by atoms with Crippen LogP contribution >= 0.6 is 0 Å². The molecule has 0 aliphatic heterocycles. The lowest BCUT2D eigenvalue weighted by Crippen LogP contribution is -2.29. The molecule has 1 aromatic heterocycles. The van der Waals surface area contributed by atoms with Crippen molar-refractivity contribution in [3.8, 4) is 5.75 Å². The molecule has 1 heterocycles. The predicted molar refractivity (Wildman–Crippen MR) is 84.4 cm³/mol. The van der Waals surface area contributed by atoms with E-state index < -0.39 is 6.09 Å². The number of para-hydroxylation sites is 2. The molecule has 22 heavy (non-hydrogen) atoms. The van der Waals surface area contributed by atoms with E-state index in [-0.39, 0.29) is 0 Å². The van der Waals surface area contributed by atoms with E-state index >= 15 is 0 Å². The Kier molecular flexibility index (Phi) is 3.87. The molecule has 0 atom stereocenters. The van der Waals surface area contributed by atoms with Gasteiger partial charge >= 0.3 is 6.09 Å². The Morgan fingerprint density at radius 2 is 1.68 bits per heavy atom. The first-order chi connectivity index (χ1) is 10.7. The van der Waals surface area contributed by atoms with Crippen molar-refractivity contribution in [2.24, 2.45) is 0 Å². The molecule has 0 radical (unpaired) electrons. The predicted octanol–water partition coefficient (Wildman–Crippen LogP) is 4.06. The van der Waals surface area contributed by atoms with Crippen LogP contribution in [0.2, 0.25) is 0 Å². The number of anilines is 2. The molecular weight excluding hydrogens is 278 g/mol. The molecule has 3 rings (SSSR count). The third-order valence-corrected chi connectivity index (χ3v) is 3.07. The summed E-state index contributed by atoms with van der Waals surface area (Å²) in [5.74, 6) is 0.977. The number of rotatable bonds is 3. The van der Waals surface area contributed by atoms with Crippen molar-refractivity contribution in [2.75, 3.05) is 4.90 Å². The average molecular weight is 293 g/mol. The zero-order valence-electron chi connectivity index (χ0n) is 12.1. The van der Waals surface area contributed by atoms with E-state index in [1.54, 1.807) is 18.2 Å². The van der Waals surface area contributed by atoms with Crippen LogP contribution < -0.4 is 9.64 Å². The van der Waals surface area contributed by atoms with Gasteiger partial charge in [0, 0.05) is 11.8 Å². The normalized spacial score (nSPS) is 10.2. The molecule has 0 bridgehead atoms. The van der Waals surface area contributed by atoms with Crippen molar-refractivity contribution in [2.45, 2.75) is 6.92 Å². The summed E-state index contributed by atoms with van der Waals surface area (Å²) in [6, 6.07) is 20.0. The highest BCUT2D eigenvalue weighted by Crippen LogP contribution is 2.25. The van der Waals surface area contributed by atoms with Gasteiger partial charge in [-0.05, 0) is 31.2 Å². The minimum Gasteiger partial charge on any atom is -0.410 e. The molecule has 0 saturated carbocycles. The number of carbonyl (C=O) groups excluding carboxylic acids is 1. The standard InChI is InChI=1S/C17H15N3O2/c1-13-12-16(19-18-13)20(14-8-4-2-5-9-14)17(21)22-15-10-6-3-7-11-15/h2-12H,1H3,(H,18,19). The Morgan fingerprint density at radius 1 is 1.05 bits per heavy atom. The number of hydrogen-bond donors (Lipinski definition) is 1. The van der Waals surface area contributed by atoms with Crippen LogP contribution in [0, 0.1) is 6.92 Å². The topological polar surface area (TPSA) is 58.2 Å². The Morgan fingerprint density at radius 3 is 2.27 bits per heavy atom. The lowest BCUT2D eigenvalue weighted by atomic mass is 10.3. The third kappa shape index (κ3) is 2.98. The highest BCUT2D eigenvalue weighted by Gasteiger charge is 2.22. The molecule has 110 valence electrons. The van der Waals surface area contributed by atoms with Crippen LogP contribution in [0.3, 0.4) is 0 Å². The number of H-pyrrole nitrogens is 1. The lowest BCUT2D eigenvalue weighted by molar-refractivity contribution is 0.210. The molecule has 0 spiro atoms. The minimum absolute atomic E-state index is 0.487. The number of aryl methyl sites for hydroxylation is 1. The summed E-state index contributed by atoms with van der Waals surface area (Å²) in [4.78, 5) is 14.0. The van der Waals surface area contributed by atoms with Crippen molar-refractivity contribution in [3.63, 3.8) is 0 Å². The second-order valence-corrected chi connectivity index (χ2v) is 4.76. The summed E-state index contributed by atoms with van der Waals surface area (Å²) in [5.41, 5.74) is 1.55. The molecule has 3 aromatic rings. The van der Waals surface area contributed by atoms with E-state index in [9.17, 15) is 4.79 Å². The van der Waals surface area contributed by atoms with Gasteiger partial charge in [-0.3, -0.25) is 5.10 Å². The molecule has 0 unspecified atom stereocenters. The molecule has 2 aromatic carbocycles. The molecule has 0 saturated heterocycles. The molecule has 0 aliphatic carbocycles. The SMILES string of the molecule is Cc1cc(N(C(=O)Oc2ccccc2)c2ccccc2)n[nH]1. The number of hydrogen-bond acceptors (Lipinski definition) is 3. The number of carbonyl (C=O) groups is 1. The fourth-order valence-electron chi connectivity index (χ4n) is 2.06. The lowest BCUT2D eigenvalue weighted by Gasteiger charge is -2.19. The van der Waals surface area contributed by atoms with Crippen LogP contribution in [-0.2, 0) is 0 Å². The van der Waals surface area contributed by atoms with Gasteiger partial charge in [-0.25, -0.2) is 9.69 Å². The van der Waals surface area contributed by atoms with Crippen molar-refractivity contribution < 1.29 is 9.53 Å². The zero-order chi connectivity index (χ0) is 15.4. The molecule has 5 nitrogen and oxygen atoms in total. The van der Waals surface area contributed by atoms with Gasteiger partial charge in [0.15, 0.2) is 5.82 Å². The number of nitrogens with one attached hydrogen (secondary N) is 1. The Balaban J connectivity index is 1.93. The van der Waals surface area contributed by atoms with Crippen LogP contribution in [-0.4, -0.2) is 16.3 Å². The van der Waals surface area contributed by atoms with E-state index in [2.05, 4.69) is 10.2 Å².